The van der Waals surface area contributed by atoms with Gasteiger partial charge in [-0.15, -0.1) is 0 Å². The lowest BCUT2D eigenvalue weighted by molar-refractivity contribution is -0.384. The van der Waals surface area contributed by atoms with Gasteiger partial charge in [0.15, 0.2) is 0 Å². The van der Waals surface area contributed by atoms with Crippen LogP contribution in [0.1, 0.15) is 45.4 Å². The molecule has 0 heterocycles. The normalized spacial score (nSPS) is 10.2. The topological polar surface area (TPSA) is 72.2 Å². The summed E-state index contributed by atoms with van der Waals surface area (Å²) < 4.78 is 0. The minimum absolute atomic E-state index is 0.0132. The second kappa shape index (κ2) is 8.24. The van der Waals surface area contributed by atoms with E-state index in [4.69, 9.17) is 0 Å². The molecule has 1 N–H and O–H groups in total. The molecule has 0 aliphatic carbocycles. The predicted molar refractivity (Wildman–Crippen MR) is 75.1 cm³/mol. The number of rotatable bonds is 8. The standard InChI is InChI=1S/C14H20N2O3/c1-2-3-4-5-6-10-14(17)15-12-8-7-9-13(11-12)16(18)19/h7-9,11H,2-6,10H2,1H3,(H,15,17). The summed E-state index contributed by atoms with van der Waals surface area (Å²) in [5.41, 5.74) is 0.466. The zero-order chi connectivity index (χ0) is 14.1. The van der Waals surface area contributed by atoms with Crippen LogP contribution in [0.15, 0.2) is 24.3 Å². The maximum Gasteiger partial charge on any atom is 0.271 e. The number of nitro groups is 1. The van der Waals surface area contributed by atoms with Crippen molar-refractivity contribution >= 4 is 17.3 Å². The van der Waals surface area contributed by atoms with Crippen LogP contribution in [-0.2, 0) is 4.79 Å². The third-order valence-corrected chi connectivity index (χ3v) is 2.85. The largest absolute Gasteiger partial charge is 0.326 e. The van der Waals surface area contributed by atoms with Crippen molar-refractivity contribution in [1.82, 2.24) is 0 Å². The maximum absolute atomic E-state index is 11.6. The molecule has 1 aromatic carbocycles. The lowest BCUT2D eigenvalue weighted by atomic mass is 10.1. The summed E-state index contributed by atoms with van der Waals surface area (Å²) >= 11 is 0. The number of benzene rings is 1. The predicted octanol–water partition coefficient (Wildman–Crippen LogP) is 3.89. The Morgan fingerprint density at radius 3 is 2.68 bits per heavy atom. The fourth-order valence-corrected chi connectivity index (χ4v) is 1.81. The second-order valence-corrected chi connectivity index (χ2v) is 4.52. The van der Waals surface area contributed by atoms with Crippen molar-refractivity contribution in [1.29, 1.82) is 0 Å². The summed E-state index contributed by atoms with van der Waals surface area (Å²) in [5.74, 6) is -0.0861. The van der Waals surface area contributed by atoms with E-state index < -0.39 is 4.92 Å². The van der Waals surface area contributed by atoms with Gasteiger partial charge < -0.3 is 5.32 Å². The molecule has 0 atom stereocenters. The number of hydrogen-bond donors (Lipinski definition) is 1. The Bertz CT molecular complexity index is 432. The first-order chi connectivity index (χ1) is 9.13. The van der Waals surface area contributed by atoms with Gasteiger partial charge in [0.05, 0.1) is 4.92 Å². The van der Waals surface area contributed by atoms with E-state index in [2.05, 4.69) is 12.2 Å². The molecule has 19 heavy (non-hydrogen) atoms. The molecule has 0 saturated carbocycles. The Balaban J connectivity index is 2.35. The van der Waals surface area contributed by atoms with Crippen LogP contribution in [0, 0.1) is 10.1 Å². The monoisotopic (exact) mass is 264 g/mol. The highest BCUT2D eigenvalue weighted by atomic mass is 16.6. The molecule has 0 aromatic heterocycles. The molecule has 1 rings (SSSR count). The molecule has 5 nitrogen and oxygen atoms in total. The van der Waals surface area contributed by atoms with Crippen molar-refractivity contribution in [3.8, 4) is 0 Å². The number of nitrogens with one attached hydrogen (secondary N) is 1. The zero-order valence-corrected chi connectivity index (χ0v) is 11.2. The Morgan fingerprint density at radius 2 is 2.00 bits per heavy atom. The Morgan fingerprint density at radius 1 is 1.26 bits per heavy atom. The van der Waals surface area contributed by atoms with Gasteiger partial charge in [-0.05, 0) is 12.5 Å². The number of unbranched alkanes of at least 4 members (excludes halogenated alkanes) is 4. The number of nitro benzene ring substituents is 1. The minimum Gasteiger partial charge on any atom is -0.326 e. The Labute approximate surface area is 113 Å². The third-order valence-electron chi connectivity index (χ3n) is 2.85. The molecule has 104 valence electrons. The van der Waals surface area contributed by atoms with Crippen LogP contribution in [0.3, 0.4) is 0 Å². The van der Waals surface area contributed by atoms with Gasteiger partial charge >= 0.3 is 0 Å². The molecule has 0 saturated heterocycles. The number of non-ortho nitro benzene ring substituents is 1. The molecular formula is C14H20N2O3. The average molecular weight is 264 g/mol. The maximum atomic E-state index is 11.6. The number of anilines is 1. The van der Waals surface area contributed by atoms with Crippen molar-refractivity contribution in [3.63, 3.8) is 0 Å². The van der Waals surface area contributed by atoms with Crippen LogP contribution in [-0.4, -0.2) is 10.8 Å². The SMILES string of the molecule is CCCCCCCC(=O)Nc1cccc([N+](=O)[O-])c1. The summed E-state index contributed by atoms with van der Waals surface area (Å²) in [7, 11) is 0. The van der Waals surface area contributed by atoms with E-state index in [9.17, 15) is 14.9 Å². The molecule has 0 unspecified atom stereocenters. The lowest BCUT2D eigenvalue weighted by Gasteiger charge is -2.05. The quantitative estimate of drug-likeness (QED) is 0.439. The highest BCUT2D eigenvalue weighted by molar-refractivity contribution is 5.90. The fourth-order valence-electron chi connectivity index (χ4n) is 1.81. The molecule has 1 amide bonds. The lowest BCUT2D eigenvalue weighted by Crippen LogP contribution is -2.11. The molecule has 0 fully saturated rings. The molecule has 0 aliphatic heterocycles. The molecule has 0 spiro atoms. The first-order valence-electron chi connectivity index (χ1n) is 6.67. The molecule has 0 aliphatic rings. The van der Waals surface area contributed by atoms with Crippen LogP contribution in [0.5, 0.6) is 0 Å². The second-order valence-electron chi connectivity index (χ2n) is 4.52. The third kappa shape index (κ3) is 5.99. The van der Waals surface area contributed by atoms with E-state index >= 15 is 0 Å². The van der Waals surface area contributed by atoms with E-state index in [1.165, 1.54) is 25.0 Å². The highest BCUT2D eigenvalue weighted by Gasteiger charge is 2.07. The molecule has 1 aromatic rings. The van der Waals surface area contributed by atoms with Crippen molar-refractivity contribution in [3.05, 3.63) is 34.4 Å². The Kier molecular flexibility index (Phi) is 6.57. The number of hydrogen-bond acceptors (Lipinski definition) is 3. The average Bonchev–Trinajstić information content (AvgIpc) is 2.38. The first kappa shape index (κ1) is 15.1. The fraction of sp³-hybridized carbons (Fsp3) is 0.500. The van der Waals surface area contributed by atoms with Gasteiger partial charge in [0.25, 0.3) is 5.69 Å². The smallest absolute Gasteiger partial charge is 0.271 e. The summed E-state index contributed by atoms with van der Waals surface area (Å²) in [4.78, 5) is 21.8. The van der Waals surface area contributed by atoms with Crippen molar-refractivity contribution < 1.29 is 9.72 Å². The van der Waals surface area contributed by atoms with Crippen LogP contribution < -0.4 is 5.32 Å². The minimum atomic E-state index is -0.472. The summed E-state index contributed by atoms with van der Waals surface area (Å²) in [6.07, 6.45) is 5.91. The number of carbonyl (C=O) groups excluding carboxylic acids is 1. The van der Waals surface area contributed by atoms with Crippen molar-refractivity contribution in [2.75, 3.05) is 5.32 Å². The van der Waals surface area contributed by atoms with E-state index in [0.29, 0.717) is 12.1 Å². The van der Waals surface area contributed by atoms with E-state index in [1.54, 1.807) is 12.1 Å². The molecular weight excluding hydrogens is 244 g/mol. The summed E-state index contributed by atoms with van der Waals surface area (Å²) in [6.45, 7) is 2.15. The zero-order valence-electron chi connectivity index (χ0n) is 11.2. The Hall–Kier alpha value is -1.91. The van der Waals surface area contributed by atoms with Crippen molar-refractivity contribution in [2.45, 2.75) is 45.4 Å². The summed E-state index contributed by atoms with van der Waals surface area (Å²) in [6, 6.07) is 5.99. The first-order valence-corrected chi connectivity index (χ1v) is 6.67. The van der Waals surface area contributed by atoms with Gasteiger partial charge in [0.1, 0.15) is 0 Å². The molecule has 0 radical (unpaired) electrons. The van der Waals surface area contributed by atoms with Gasteiger partial charge in [-0.3, -0.25) is 14.9 Å². The van der Waals surface area contributed by atoms with E-state index in [-0.39, 0.29) is 11.6 Å². The van der Waals surface area contributed by atoms with Gasteiger partial charge in [-0.2, -0.15) is 0 Å². The van der Waals surface area contributed by atoms with Gasteiger partial charge in [-0.25, -0.2) is 0 Å². The highest BCUT2D eigenvalue weighted by Crippen LogP contribution is 2.17. The number of carbonyl (C=O) groups is 1. The number of amides is 1. The van der Waals surface area contributed by atoms with Gasteiger partial charge in [0, 0.05) is 24.2 Å². The van der Waals surface area contributed by atoms with E-state index in [0.717, 1.165) is 19.3 Å². The molecule has 5 heteroatoms. The number of nitrogens with zero attached hydrogens (tertiary/aromatic N) is 1. The van der Waals surface area contributed by atoms with Gasteiger partial charge in [0.2, 0.25) is 5.91 Å². The van der Waals surface area contributed by atoms with E-state index in [1.807, 2.05) is 0 Å². The van der Waals surface area contributed by atoms with Crippen LogP contribution in [0.25, 0.3) is 0 Å². The summed E-state index contributed by atoms with van der Waals surface area (Å²) in [5, 5.41) is 13.3. The van der Waals surface area contributed by atoms with Crippen LogP contribution in [0.4, 0.5) is 11.4 Å². The van der Waals surface area contributed by atoms with Crippen molar-refractivity contribution in [2.24, 2.45) is 0 Å². The van der Waals surface area contributed by atoms with Crippen LogP contribution in [0.2, 0.25) is 0 Å². The van der Waals surface area contributed by atoms with Crippen LogP contribution >= 0.6 is 0 Å². The molecule has 0 bridgehead atoms. The van der Waals surface area contributed by atoms with Gasteiger partial charge in [-0.1, -0.05) is 38.7 Å².